The first-order valence-electron chi connectivity index (χ1n) is 4.86. The molecular weight excluding hydrogens is 248 g/mol. The van der Waals surface area contributed by atoms with Crippen LogP contribution in [-0.4, -0.2) is 73.9 Å². The van der Waals surface area contributed by atoms with Crippen LogP contribution in [0.3, 0.4) is 0 Å². The first-order chi connectivity index (χ1) is 8.18. The lowest BCUT2D eigenvalue weighted by atomic mass is 10.0. The molecule has 0 aliphatic rings. The van der Waals surface area contributed by atoms with E-state index < -0.39 is 37.0 Å². The van der Waals surface area contributed by atoms with Crippen molar-refractivity contribution >= 4 is 12.3 Å². The number of hydrogen-bond acceptors (Lipinski definition) is 7. The largest absolute Gasteiger partial charge is 0.478 e. The van der Waals surface area contributed by atoms with Gasteiger partial charge in [0.2, 0.25) is 0 Å². The van der Waals surface area contributed by atoms with E-state index in [0.717, 1.165) is 0 Å². The van der Waals surface area contributed by atoms with E-state index >= 15 is 0 Å². The summed E-state index contributed by atoms with van der Waals surface area (Å²) in [7, 11) is 0. The Morgan fingerprint density at radius 1 is 1.22 bits per heavy atom. The lowest BCUT2D eigenvalue weighted by Gasteiger charge is -2.22. The van der Waals surface area contributed by atoms with Crippen LogP contribution in [0, 0.1) is 0 Å². The molecule has 6 N–H and O–H groups in total. The second-order valence-corrected chi connectivity index (χ2v) is 3.44. The van der Waals surface area contributed by atoms with Gasteiger partial charge >= 0.3 is 5.97 Å². The number of carboxylic acids is 1. The molecule has 0 bridgehead atoms. The topological polar surface area (TPSA) is 156 Å². The van der Waals surface area contributed by atoms with Crippen molar-refractivity contribution in [3.05, 3.63) is 12.2 Å². The molecule has 4 atom stereocenters. The van der Waals surface area contributed by atoms with Crippen molar-refractivity contribution in [3.63, 3.8) is 0 Å². The second kappa shape index (κ2) is 9.68. The summed E-state index contributed by atoms with van der Waals surface area (Å²) in [5.41, 5.74) is 0.176. The molecule has 0 aliphatic heterocycles. The van der Waals surface area contributed by atoms with Gasteiger partial charge in [0, 0.05) is 5.57 Å². The molecule has 18 heavy (non-hydrogen) atoms. The van der Waals surface area contributed by atoms with Crippen molar-refractivity contribution in [1.29, 1.82) is 0 Å². The summed E-state index contributed by atoms with van der Waals surface area (Å²) >= 11 is 0. The van der Waals surface area contributed by atoms with E-state index in [1.54, 1.807) is 0 Å². The minimum atomic E-state index is -1.79. The number of hydrogen-bond donors (Lipinski definition) is 6. The summed E-state index contributed by atoms with van der Waals surface area (Å²) in [6.07, 6.45) is -6.84. The zero-order valence-corrected chi connectivity index (χ0v) is 9.80. The zero-order valence-electron chi connectivity index (χ0n) is 9.80. The van der Waals surface area contributed by atoms with Crippen molar-refractivity contribution in [3.8, 4) is 0 Å². The Hall–Kier alpha value is -1.32. The van der Waals surface area contributed by atoms with Crippen LogP contribution in [0.2, 0.25) is 0 Å². The average Bonchev–Trinajstić information content (AvgIpc) is 2.35. The van der Waals surface area contributed by atoms with Crippen LogP contribution in [0.4, 0.5) is 0 Å². The summed E-state index contributed by atoms with van der Waals surface area (Å²) in [6.45, 7) is 3.84. The highest BCUT2D eigenvalue weighted by Crippen LogP contribution is 2.02. The number of carboxylic acid groups (broad SMARTS) is 1. The molecule has 0 aromatic heterocycles. The van der Waals surface area contributed by atoms with Gasteiger partial charge in [0.1, 0.15) is 24.4 Å². The van der Waals surface area contributed by atoms with Gasteiger partial charge in [-0.3, -0.25) is 0 Å². The second-order valence-electron chi connectivity index (χ2n) is 3.44. The molecule has 0 unspecified atom stereocenters. The molecule has 0 fully saturated rings. The van der Waals surface area contributed by atoms with Gasteiger partial charge in [-0.25, -0.2) is 4.79 Å². The van der Waals surface area contributed by atoms with Crippen LogP contribution in [-0.2, 0) is 9.59 Å². The van der Waals surface area contributed by atoms with Crippen LogP contribution in [0.15, 0.2) is 12.2 Å². The fourth-order valence-corrected chi connectivity index (χ4v) is 0.618. The monoisotopic (exact) mass is 266 g/mol. The van der Waals surface area contributed by atoms with Gasteiger partial charge in [-0.1, -0.05) is 6.58 Å². The predicted octanol–water partition coefficient (Wildman–Crippen LogP) is -2.73. The smallest absolute Gasteiger partial charge is 0.330 e. The Balaban J connectivity index is 0. The molecule has 0 aromatic rings. The third kappa shape index (κ3) is 7.87. The minimum Gasteiger partial charge on any atom is -0.478 e. The van der Waals surface area contributed by atoms with E-state index in [0.29, 0.717) is 0 Å². The Bertz CT molecular complexity index is 265. The molecule has 0 aromatic carbocycles. The Morgan fingerprint density at radius 3 is 1.83 bits per heavy atom. The molecule has 0 amide bonds. The zero-order chi connectivity index (χ0) is 14.9. The Labute approximate surface area is 103 Å². The molecule has 106 valence electrons. The van der Waals surface area contributed by atoms with Gasteiger partial charge in [0.15, 0.2) is 6.29 Å². The van der Waals surface area contributed by atoms with Crippen LogP contribution in [0.5, 0.6) is 0 Å². The number of aliphatic carboxylic acids is 1. The molecule has 8 heteroatoms. The van der Waals surface area contributed by atoms with Crippen LogP contribution < -0.4 is 0 Å². The Kier molecular flexibility index (Phi) is 10.2. The quantitative estimate of drug-likeness (QED) is 0.223. The standard InChI is InChI=1S/C6H12O6.C4H6O2/c7-1-3(9)5(11)6(12)4(10)2-8;1-3(2)4(5)6/h1,3-6,8-12H,2H2;1H2,2H3,(H,5,6)/t3-,4+,5+,6+;/m0./s1. The van der Waals surface area contributed by atoms with E-state index in [2.05, 4.69) is 6.58 Å². The molecule has 8 nitrogen and oxygen atoms in total. The summed E-state index contributed by atoms with van der Waals surface area (Å²) in [6, 6.07) is 0. The number of aliphatic hydroxyl groups excluding tert-OH is 5. The van der Waals surface area contributed by atoms with Gasteiger partial charge in [-0.05, 0) is 6.92 Å². The average molecular weight is 266 g/mol. The molecule has 0 rings (SSSR count). The molecule has 0 radical (unpaired) electrons. The lowest BCUT2D eigenvalue weighted by Crippen LogP contribution is -2.46. The summed E-state index contributed by atoms with van der Waals surface area (Å²) in [5.74, 6) is -0.935. The van der Waals surface area contributed by atoms with E-state index in [9.17, 15) is 9.59 Å². The first kappa shape index (κ1) is 19.0. The maximum atomic E-state index is 9.90. The fourth-order valence-electron chi connectivity index (χ4n) is 0.618. The van der Waals surface area contributed by atoms with E-state index in [4.69, 9.17) is 30.6 Å². The van der Waals surface area contributed by atoms with E-state index in [1.165, 1.54) is 6.92 Å². The number of rotatable bonds is 6. The van der Waals surface area contributed by atoms with Crippen molar-refractivity contribution < 1.29 is 40.2 Å². The van der Waals surface area contributed by atoms with Gasteiger partial charge in [-0.2, -0.15) is 0 Å². The molecule has 0 saturated carbocycles. The molecule has 0 heterocycles. The summed E-state index contributed by atoms with van der Waals surface area (Å²) in [5, 5.41) is 51.4. The van der Waals surface area contributed by atoms with Crippen molar-refractivity contribution in [1.82, 2.24) is 0 Å². The van der Waals surface area contributed by atoms with E-state index in [-0.39, 0.29) is 11.9 Å². The van der Waals surface area contributed by atoms with Crippen LogP contribution in [0.1, 0.15) is 6.92 Å². The lowest BCUT2D eigenvalue weighted by molar-refractivity contribution is -0.136. The highest BCUT2D eigenvalue weighted by molar-refractivity contribution is 5.84. The summed E-state index contributed by atoms with van der Waals surface area (Å²) < 4.78 is 0. The minimum absolute atomic E-state index is 0.0258. The number of carbonyl (C=O) groups is 2. The molecule has 0 saturated heterocycles. The molecule has 0 aliphatic carbocycles. The van der Waals surface area contributed by atoms with Crippen LogP contribution >= 0.6 is 0 Å². The summed E-state index contributed by atoms with van der Waals surface area (Å²) in [4.78, 5) is 19.5. The normalized spacial score (nSPS) is 16.6. The highest BCUT2D eigenvalue weighted by Gasteiger charge is 2.29. The third-order valence-electron chi connectivity index (χ3n) is 1.79. The van der Waals surface area contributed by atoms with Crippen molar-refractivity contribution in [2.75, 3.05) is 6.61 Å². The number of aliphatic hydroxyl groups is 5. The SMILES string of the molecule is C=C(C)C(=O)O.O=C[C@H](O)[C@@H](O)[C@H](O)[C@H](O)CO. The van der Waals surface area contributed by atoms with Gasteiger partial charge in [0.05, 0.1) is 6.61 Å². The van der Waals surface area contributed by atoms with Gasteiger partial charge < -0.3 is 35.4 Å². The maximum absolute atomic E-state index is 9.90. The number of carbonyl (C=O) groups excluding carboxylic acids is 1. The Morgan fingerprint density at radius 2 is 1.61 bits per heavy atom. The maximum Gasteiger partial charge on any atom is 0.330 e. The molecular formula is C10H18O8. The van der Waals surface area contributed by atoms with Crippen molar-refractivity contribution in [2.45, 2.75) is 31.3 Å². The highest BCUT2D eigenvalue weighted by atomic mass is 16.4. The van der Waals surface area contributed by atoms with E-state index in [1.807, 2.05) is 0 Å². The first-order valence-corrected chi connectivity index (χ1v) is 4.86. The predicted molar refractivity (Wildman–Crippen MR) is 59.6 cm³/mol. The third-order valence-corrected chi connectivity index (χ3v) is 1.79. The molecule has 0 spiro atoms. The van der Waals surface area contributed by atoms with Gasteiger partial charge in [-0.15, -0.1) is 0 Å². The van der Waals surface area contributed by atoms with Crippen molar-refractivity contribution in [2.24, 2.45) is 0 Å². The van der Waals surface area contributed by atoms with Gasteiger partial charge in [0.25, 0.3) is 0 Å². The van der Waals surface area contributed by atoms with Crippen LogP contribution in [0.25, 0.3) is 0 Å². The number of aldehydes is 1. The fraction of sp³-hybridized carbons (Fsp3) is 0.600.